The summed E-state index contributed by atoms with van der Waals surface area (Å²) in [5, 5.41) is 0. The summed E-state index contributed by atoms with van der Waals surface area (Å²) < 4.78 is 10.7. The molecule has 1 fully saturated rings. The lowest BCUT2D eigenvalue weighted by Crippen LogP contribution is -2.50. The molecule has 23 heavy (non-hydrogen) atoms. The summed E-state index contributed by atoms with van der Waals surface area (Å²) in [6, 6.07) is 4.19. The van der Waals surface area contributed by atoms with Crippen LogP contribution in [-0.4, -0.2) is 47.9 Å². The number of likely N-dealkylation sites (tertiary alicyclic amines) is 1. The maximum absolute atomic E-state index is 11.9. The molecule has 1 aromatic rings. The van der Waals surface area contributed by atoms with Crippen LogP contribution in [0.1, 0.15) is 44.4 Å². The monoisotopic (exact) mass is 316 g/mol. The minimum atomic E-state index is -0.445. The van der Waals surface area contributed by atoms with Gasteiger partial charge in [0.1, 0.15) is 5.60 Å². The van der Waals surface area contributed by atoms with E-state index in [0.29, 0.717) is 25.6 Å². The molecule has 1 amide bonds. The van der Waals surface area contributed by atoms with Gasteiger partial charge < -0.3 is 14.4 Å². The molecule has 0 saturated carbocycles. The third-order valence-corrected chi connectivity index (χ3v) is 4.07. The van der Waals surface area contributed by atoms with Crippen molar-refractivity contribution < 1.29 is 14.3 Å². The minimum Gasteiger partial charge on any atom is -0.444 e. The molecular formula is C18H24N2O3. The largest absolute Gasteiger partial charge is 0.444 e. The number of nitrogens with zero attached hydrogens (tertiary/aromatic N) is 2. The van der Waals surface area contributed by atoms with Gasteiger partial charge in [0, 0.05) is 30.9 Å². The number of rotatable bonds is 2. The van der Waals surface area contributed by atoms with Crippen molar-refractivity contribution in [3.63, 3.8) is 0 Å². The summed E-state index contributed by atoms with van der Waals surface area (Å²) in [4.78, 5) is 18.3. The van der Waals surface area contributed by atoms with Gasteiger partial charge in [-0.2, -0.15) is 0 Å². The van der Waals surface area contributed by atoms with Crippen molar-refractivity contribution in [3.05, 3.63) is 35.7 Å². The van der Waals surface area contributed by atoms with E-state index in [1.54, 1.807) is 4.90 Å². The molecule has 5 nitrogen and oxygen atoms in total. The van der Waals surface area contributed by atoms with Crippen LogP contribution in [0.15, 0.2) is 24.4 Å². The molecule has 0 spiro atoms. The van der Waals surface area contributed by atoms with Gasteiger partial charge in [-0.15, -0.1) is 0 Å². The van der Waals surface area contributed by atoms with E-state index in [9.17, 15) is 4.79 Å². The van der Waals surface area contributed by atoms with Gasteiger partial charge in [-0.1, -0.05) is 12.1 Å². The van der Waals surface area contributed by atoms with E-state index in [2.05, 4.69) is 23.2 Å². The van der Waals surface area contributed by atoms with E-state index in [4.69, 9.17) is 9.47 Å². The highest BCUT2D eigenvalue weighted by atomic mass is 16.6. The maximum atomic E-state index is 11.9. The summed E-state index contributed by atoms with van der Waals surface area (Å²) in [6.45, 7) is 8.47. The molecule has 0 aliphatic carbocycles. The van der Waals surface area contributed by atoms with Crippen molar-refractivity contribution in [1.29, 1.82) is 0 Å². The van der Waals surface area contributed by atoms with Crippen molar-refractivity contribution in [2.45, 2.75) is 38.7 Å². The van der Waals surface area contributed by atoms with Crippen LogP contribution in [0.5, 0.6) is 0 Å². The van der Waals surface area contributed by atoms with E-state index in [0.717, 1.165) is 18.7 Å². The molecule has 124 valence electrons. The Morgan fingerprint density at radius 2 is 2.13 bits per heavy atom. The molecule has 2 aliphatic rings. The lowest BCUT2D eigenvalue weighted by Gasteiger charge is -2.39. The van der Waals surface area contributed by atoms with Gasteiger partial charge in [-0.3, -0.25) is 4.98 Å². The van der Waals surface area contributed by atoms with E-state index < -0.39 is 5.60 Å². The van der Waals surface area contributed by atoms with Crippen molar-refractivity contribution in [3.8, 4) is 0 Å². The summed E-state index contributed by atoms with van der Waals surface area (Å²) in [6.07, 6.45) is 4.76. The first-order chi connectivity index (χ1) is 10.9. The zero-order valence-corrected chi connectivity index (χ0v) is 14.0. The number of ether oxygens (including phenoxy) is 2. The highest BCUT2D eigenvalue weighted by Gasteiger charge is 2.35. The fraction of sp³-hybridized carbons (Fsp3) is 0.556. The number of pyridine rings is 1. The van der Waals surface area contributed by atoms with Gasteiger partial charge in [0.2, 0.25) is 0 Å². The molecule has 0 radical (unpaired) electrons. The highest BCUT2D eigenvalue weighted by molar-refractivity contribution is 5.69. The molecule has 0 atom stereocenters. The van der Waals surface area contributed by atoms with Crippen molar-refractivity contribution in [2.24, 2.45) is 0 Å². The predicted octanol–water partition coefficient (Wildman–Crippen LogP) is 3.22. The quantitative estimate of drug-likeness (QED) is 0.840. The molecule has 1 aromatic heterocycles. The Hall–Kier alpha value is -1.88. The number of hydrogen-bond acceptors (Lipinski definition) is 4. The molecule has 1 saturated heterocycles. The molecule has 3 rings (SSSR count). The Morgan fingerprint density at radius 3 is 2.70 bits per heavy atom. The van der Waals surface area contributed by atoms with Gasteiger partial charge in [0.25, 0.3) is 0 Å². The lowest BCUT2D eigenvalue weighted by molar-refractivity contribution is 0.00787. The SMILES string of the molecule is CC(C)(C)OC(=O)N1CC(c2ccc(C3=CCOCC3)cn2)C1. The Kier molecular flexibility index (Phi) is 4.39. The average molecular weight is 316 g/mol. The standard InChI is InChI=1S/C18H24N2O3/c1-18(2,3)23-17(21)20-11-15(12-20)16-5-4-14(10-19-16)13-6-8-22-9-7-13/h4-6,10,15H,7-9,11-12H2,1-3H3. The highest BCUT2D eigenvalue weighted by Crippen LogP contribution is 2.28. The fourth-order valence-corrected chi connectivity index (χ4v) is 2.77. The van der Waals surface area contributed by atoms with Crippen LogP contribution < -0.4 is 0 Å². The second-order valence-electron chi connectivity index (χ2n) is 7.11. The Balaban J connectivity index is 1.56. The number of carbonyl (C=O) groups excluding carboxylic acids is 1. The number of hydrogen-bond donors (Lipinski definition) is 0. The Morgan fingerprint density at radius 1 is 1.35 bits per heavy atom. The third kappa shape index (κ3) is 3.91. The van der Waals surface area contributed by atoms with Gasteiger partial charge in [-0.05, 0) is 44.4 Å². The van der Waals surface area contributed by atoms with Crippen LogP contribution >= 0.6 is 0 Å². The molecule has 5 heteroatoms. The lowest BCUT2D eigenvalue weighted by atomic mass is 9.95. The predicted molar refractivity (Wildman–Crippen MR) is 88.2 cm³/mol. The van der Waals surface area contributed by atoms with Crippen LogP contribution in [0.3, 0.4) is 0 Å². The second-order valence-corrected chi connectivity index (χ2v) is 7.11. The summed E-state index contributed by atoms with van der Waals surface area (Å²) in [7, 11) is 0. The number of carbonyl (C=O) groups is 1. The molecule has 0 aromatic carbocycles. The fourth-order valence-electron chi connectivity index (χ4n) is 2.77. The van der Waals surface area contributed by atoms with Crippen LogP contribution in [0.25, 0.3) is 5.57 Å². The van der Waals surface area contributed by atoms with E-state index >= 15 is 0 Å². The van der Waals surface area contributed by atoms with E-state index in [1.165, 1.54) is 11.1 Å². The van der Waals surface area contributed by atoms with Crippen LogP contribution in [-0.2, 0) is 9.47 Å². The first kappa shape index (κ1) is 16.0. The van der Waals surface area contributed by atoms with Crippen molar-refractivity contribution >= 4 is 11.7 Å². The molecule has 0 bridgehead atoms. The van der Waals surface area contributed by atoms with Gasteiger partial charge in [-0.25, -0.2) is 4.79 Å². The van der Waals surface area contributed by atoms with Crippen LogP contribution in [0.2, 0.25) is 0 Å². The number of aromatic nitrogens is 1. The summed E-state index contributed by atoms with van der Waals surface area (Å²) in [5.41, 5.74) is 3.07. The first-order valence-electron chi connectivity index (χ1n) is 8.13. The molecular weight excluding hydrogens is 292 g/mol. The average Bonchev–Trinajstić information content (AvgIpc) is 2.45. The maximum Gasteiger partial charge on any atom is 0.410 e. The smallest absolute Gasteiger partial charge is 0.410 e. The third-order valence-electron chi connectivity index (χ3n) is 4.07. The molecule has 2 aliphatic heterocycles. The van der Waals surface area contributed by atoms with Crippen LogP contribution in [0, 0.1) is 0 Å². The normalized spacial score (nSPS) is 19.1. The first-order valence-corrected chi connectivity index (χ1v) is 8.13. The molecule has 3 heterocycles. The zero-order chi connectivity index (χ0) is 16.4. The van der Waals surface area contributed by atoms with Crippen LogP contribution in [0.4, 0.5) is 4.79 Å². The van der Waals surface area contributed by atoms with Gasteiger partial charge >= 0.3 is 6.09 Å². The number of amides is 1. The zero-order valence-electron chi connectivity index (χ0n) is 14.0. The van der Waals surface area contributed by atoms with Gasteiger partial charge in [0.15, 0.2) is 0 Å². The summed E-state index contributed by atoms with van der Waals surface area (Å²) in [5.74, 6) is 0.306. The topological polar surface area (TPSA) is 51.7 Å². The molecule has 0 N–H and O–H groups in total. The van der Waals surface area contributed by atoms with E-state index in [1.807, 2.05) is 27.0 Å². The molecule has 0 unspecified atom stereocenters. The van der Waals surface area contributed by atoms with Crippen molar-refractivity contribution in [1.82, 2.24) is 9.88 Å². The summed E-state index contributed by atoms with van der Waals surface area (Å²) >= 11 is 0. The van der Waals surface area contributed by atoms with Crippen molar-refractivity contribution in [2.75, 3.05) is 26.3 Å². The second kappa shape index (κ2) is 6.32. The van der Waals surface area contributed by atoms with E-state index in [-0.39, 0.29) is 6.09 Å². The Labute approximate surface area is 137 Å². The minimum absolute atomic E-state index is 0.238. The Bertz CT molecular complexity index is 596. The van der Waals surface area contributed by atoms with Gasteiger partial charge in [0.05, 0.1) is 13.2 Å².